The molecule has 0 radical (unpaired) electrons. The van der Waals surface area contributed by atoms with Gasteiger partial charge in [-0.15, -0.1) is 0 Å². The van der Waals surface area contributed by atoms with Crippen molar-refractivity contribution in [3.8, 4) is 0 Å². The number of thioether (sulfide) groups is 1. The van der Waals surface area contributed by atoms with E-state index in [1.165, 1.54) is 22.9 Å². The summed E-state index contributed by atoms with van der Waals surface area (Å²) in [6, 6.07) is 4.19. The third kappa shape index (κ3) is 3.91. The second-order valence-electron chi connectivity index (χ2n) is 5.30. The molecule has 112 valence electrons. The van der Waals surface area contributed by atoms with Crippen LogP contribution in [0.4, 0.5) is 0 Å². The van der Waals surface area contributed by atoms with Crippen molar-refractivity contribution in [2.24, 2.45) is 0 Å². The fourth-order valence-corrected chi connectivity index (χ4v) is 3.00. The van der Waals surface area contributed by atoms with Gasteiger partial charge in [-0.1, -0.05) is 54.9 Å². The molecule has 2 aromatic rings. The van der Waals surface area contributed by atoms with Gasteiger partial charge in [0, 0.05) is 23.2 Å². The van der Waals surface area contributed by atoms with Gasteiger partial charge >= 0.3 is 0 Å². The normalized spacial score (nSPS) is 11.2. The number of nitrogens with zero attached hydrogens (tertiary/aromatic N) is 2. The average Bonchev–Trinajstić information content (AvgIpc) is 2.44. The first-order valence-electron chi connectivity index (χ1n) is 6.76. The molecule has 0 atom stereocenters. The third-order valence-electron chi connectivity index (χ3n) is 3.40. The highest BCUT2D eigenvalue weighted by Crippen LogP contribution is 2.29. The van der Waals surface area contributed by atoms with Gasteiger partial charge in [-0.05, 0) is 41.9 Å². The molecule has 0 saturated heterocycles. The Balaban J connectivity index is 2.41. The predicted molar refractivity (Wildman–Crippen MR) is 91.9 cm³/mol. The number of benzene rings is 1. The Labute approximate surface area is 140 Å². The summed E-state index contributed by atoms with van der Waals surface area (Å²) >= 11 is 14.0. The minimum absolute atomic E-state index is 0.432. The van der Waals surface area contributed by atoms with Crippen LogP contribution in [-0.4, -0.2) is 16.2 Å². The third-order valence-corrected chi connectivity index (χ3v) is 4.69. The van der Waals surface area contributed by atoms with Crippen molar-refractivity contribution in [1.29, 1.82) is 0 Å². The zero-order chi connectivity index (χ0) is 15.6. The molecule has 1 aromatic heterocycles. The molecule has 0 bridgehead atoms. The molecule has 0 unspecified atom stereocenters. The van der Waals surface area contributed by atoms with E-state index in [0.717, 1.165) is 16.1 Å². The molecular formula is C16H18Cl2N2S. The van der Waals surface area contributed by atoms with E-state index in [4.69, 9.17) is 23.2 Å². The van der Waals surface area contributed by atoms with E-state index in [1.807, 2.05) is 19.2 Å². The largest absolute Gasteiger partial charge is 0.231 e. The van der Waals surface area contributed by atoms with E-state index in [9.17, 15) is 0 Å². The predicted octanol–water partition coefficient (Wildman–Crippen LogP) is 5.53. The van der Waals surface area contributed by atoms with Crippen LogP contribution in [-0.2, 0) is 6.42 Å². The second kappa shape index (κ2) is 6.99. The van der Waals surface area contributed by atoms with Crippen molar-refractivity contribution < 1.29 is 0 Å². The fourth-order valence-electron chi connectivity index (χ4n) is 2.23. The maximum Gasteiger partial charge on any atom is 0.188 e. The van der Waals surface area contributed by atoms with Gasteiger partial charge in [0.1, 0.15) is 5.15 Å². The molecule has 0 aliphatic heterocycles. The van der Waals surface area contributed by atoms with E-state index in [2.05, 4.69) is 29.9 Å². The quantitative estimate of drug-likeness (QED) is 0.415. The molecule has 2 nitrogen and oxygen atoms in total. The van der Waals surface area contributed by atoms with Crippen molar-refractivity contribution in [3.05, 3.63) is 50.8 Å². The van der Waals surface area contributed by atoms with E-state index in [1.54, 1.807) is 6.20 Å². The van der Waals surface area contributed by atoms with E-state index in [-0.39, 0.29) is 0 Å². The lowest BCUT2D eigenvalue weighted by Gasteiger charge is -2.15. The standard InChI is InChI=1S/C16H18Cl2N2S/c1-9(2)13-5-10(3)14(17)7-11(13)6-12-8-19-16(21-4)20-15(12)18/h5,7-9H,6H2,1-4H3. The lowest BCUT2D eigenvalue weighted by Crippen LogP contribution is -2.01. The number of rotatable bonds is 4. The van der Waals surface area contributed by atoms with Gasteiger partial charge in [-0.2, -0.15) is 0 Å². The molecule has 0 aliphatic rings. The lowest BCUT2D eigenvalue weighted by atomic mass is 9.92. The van der Waals surface area contributed by atoms with Gasteiger partial charge in [0.15, 0.2) is 5.16 Å². The summed E-state index contributed by atoms with van der Waals surface area (Å²) in [6.07, 6.45) is 4.43. The summed E-state index contributed by atoms with van der Waals surface area (Å²) in [5, 5.41) is 1.99. The summed E-state index contributed by atoms with van der Waals surface area (Å²) in [6.45, 7) is 6.39. The monoisotopic (exact) mass is 340 g/mol. The van der Waals surface area contributed by atoms with Gasteiger partial charge in [-0.25, -0.2) is 9.97 Å². The van der Waals surface area contributed by atoms with E-state index < -0.39 is 0 Å². The molecule has 1 heterocycles. The summed E-state index contributed by atoms with van der Waals surface area (Å²) in [5.74, 6) is 0.432. The second-order valence-corrected chi connectivity index (χ2v) is 6.84. The van der Waals surface area contributed by atoms with Crippen LogP contribution < -0.4 is 0 Å². The Bertz CT molecular complexity index is 657. The zero-order valence-corrected chi connectivity index (χ0v) is 14.9. The highest BCUT2D eigenvalue weighted by molar-refractivity contribution is 7.98. The van der Waals surface area contributed by atoms with Crippen molar-refractivity contribution in [2.75, 3.05) is 6.26 Å². The van der Waals surface area contributed by atoms with Crippen LogP contribution in [0.15, 0.2) is 23.5 Å². The molecule has 0 spiro atoms. The topological polar surface area (TPSA) is 25.8 Å². The van der Waals surface area contributed by atoms with Gasteiger partial charge in [0.25, 0.3) is 0 Å². The zero-order valence-electron chi connectivity index (χ0n) is 12.6. The number of hydrogen-bond donors (Lipinski definition) is 0. The molecule has 0 fully saturated rings. The number of aryl methyl sites for hydroxylation is 1. The van der Waals surface area contributed by atoms with Gasteiger partial charge in [-0.3, -0.25) is 0 Å². The number of hydrogen-bond acceptors (Lipinski definition) is 3. The van der Waals surface area contributed by atoms with Crippen LogP contribution in [0.5, 0.6) is 0 Å². The Hall–Kier alpha value is -0.770. The first kappa shape index (κ1) is 16.6. The molecule has 0 amide bonds. The smallest absolute Gasteiger partial charge is 0.188 e. The van der Waals surface area contributed by atoms with E-state index >= 15 is 0 Å². The summed E-state index contributed by atoms with van der Waals surface area (Å²) in [7, 11) is 0. The summed E-state index contributed by atoms with van der Waals surface area (Å²) in [5.41, 5.74) is 4.50. The van der Waals surface area contributed by atoms with Gasteiger partial charge in [0.2, 0.25) is 0 Å². The Morgan fingerprint density at radius 3 is 2.48 bits per heavy atom. The molecule has 1 aromatic carbocycles. The van der Waals surface area contributed by atoms with Crippen LogP contribution in [0, 0.1) is 6.92 Å². The molecule has 0 aliphatic carbocycles. The molecule has 2 rings (SSSR count). The SMILES string of the molecule is CSc1ncc(Cc2cc(Cl)c(C)cc2C(C)C)c(Cl)n1. The van der Waals surface area contributed by atoms with Crippen molar-refractivity contribution in [3.63, 3.8) is 0 Å². The van der Waals surface area contributed by atoms with Crippen LogP contribution >= 0.6 is 35.0 Å². The maximum absolute atomic E-state index is 6.28. The highest BCUT2D eigenvalue weighted by Gasteiger charge is 2.13. The highest BCUT2D eigenvalue weighted by atomic mass is 35.5. The fraction of sp³-hybridized carbons (Fsp3) is 0.375. The molecule has 21 heavy (non-hydrogen) atoms. The van der Waals surface area contributed by atoms with Crippen molar-refractivity contribution in [1.82, 2.24) is 9.97 Å². The van der Waals surface area contributed by atoms with Crippen molar-refractivity contribution in [2.45, 2.75) is 38.3 Å². The van der Waals surface area contributed by atoms with Crippen LogP contribution in [0.1, 0.15) is 42.0 Å². The van der Waals surface area contributed by atoms with Crippen LogP contribution in [0.25, 0.3) is 0 Å². The average molecular weight is 341 g/mol. The number of halogens is 2. The molecule has 5 heteroatoms. The van der Waals surface area contributed by atoms with Crippen LogP contribution in [0.2, 0.25) is 10.2 Å². The molecule has 0 N–H and O–H groups in total. The molecule has 0 saturated carbocycles. The first-order chi connectivity index (χ1) is 9.92. The van der Waals surface area contributed by atoms with Crippen molar-refractivity contribution >= 4 is 35.0 Å². The Kier molecular flexibility index (Phi) is 5.53. The van der Waals surface area contributed by atoms with E-state index in [0.29, 0.717) is 22.6 Å². The minimum atomic E-state index is 0.432. The maximum atomic E-state index is 6.28. The number of aromatic nitrogens is 2. The lowest BCUT2D eigenvalue weighted by molar-refractivity contribution is 0.842. The Morgan fingerprint density at radius 2 is 1.90 bits per heavy atom. The van der Waals surface area contributed by atoms with Gasteiger partial charge < -0.3 is 0 Å². The summed E-state index contributed by atoms with van der Waals surface area (Å²) < 4.78 is 0. The minimum Gasteiger partial charge on any atom is -0.231 e. The summed E-state index contributed by atoms with van der Waals surface area (Å²) in [4.78, 5) is 8.59. The van der Waals surface area contributed by atoms with Gasteiger partial charge in [0.05, 0.1) is 0 Å². The first-order valence-corrected chi connectivity index (χ1v) is 8.74. The molecular weight excluding hydrogens is 323 g/mol. The van der Waals surface area contributed by atoms with Crippen LogP contribution in [0.3, 0.4) is 0 Å². The Morgan fingerprint density at radius 1 is 1.19 bits per heavy atom.